The number of nitrogens with zero attached hydrogens (tertiary/aromatic N) is 4. The molecule has 2 saturated heterocycles. The van der Waals surface area contributed by atoms with Crippen LogP contribution in [0.25, 0.3) is 0 Å². The number of amides is 5. The van der Waals surface area contributed by atoms with E-state index in [-0.39, 0.29) is 77.2 Å². The van der Waals surface area contributed by atoms with Crippen molar-refractivity contribution in [1.82, 2.24) is 15.1 Å². The lowest BCUT2D eigenvalue weighted by Gasteiger charge is -2.31. The number of ether oxygens (including phenoxy) is 5. The summed E-state index contributed by atoms with van der Waals surface area (Å²) in [7, 11) is 2.99. The average molecular weight is 922 g/mol. The summed E-state index contributed by atoms with van der Waals surface area (Å²) in [6, 6.07) is 10.8. The lowest BCUT2D eigenvalue weighted by atomic mass is 10.0. The number of aliphatic hydroxyl groups is 1. The van der Waals surface area contributed by atoms with Gasteiger partial charge in [-0.05, 0) is 92.0 Å². The molecule has 67 heavy (non-hydrogen) atoms. The van der Waals surface area contributed by atoms with Crippen molar-refractivity contribution in [3.63, 3.8) is 0 Å². The number of nitrogens with two attached hydrogens (primary N) is 1. The molecule has 1 unspecified atom stereocenters. The van der Waals surface area contributed by atoms with Crippen molar-refractivity contribution in [3.8, 4) is 23.0 Å². The van der Waals surface area contributed by atoms with E-state index in [0.717, 1.165) is 43.5 Å². The smallest absolute Gasteiger partial charge is 0.416 e. The van der Waals surface area contributed by atoms with Crippen molar-refractivity contribution in [2.75, 3.05) is 50.7 Å². The molecule has 5 N–H and O–H groups in total. The monoisotopic (exact) mass is 921 g/mol. The number of methoxy groups -OCH3 is 2. The Morgan fingerprint density at radius 2 is 1.43 bits per heavy atom. The maximum absolute atomic E-state index is 14.3. The number of nitrogens with one attached hydrogen (secondary N) is 2. The molecule has 18 heteroatoms. The summed E-state index contributed by atoms with van der Waals surface area (Å²) in [5.74, 6) is 0.0152. The number of carbonyl (C=O) groups is 5. The zero-order valence-electron chi connectivity index (χ0n) is 38.5. The number of fused-ring (bicyclic) bond motifs is 4. The Morgan fingerprint density at radius 3 is 2.07 bits per heavy atom. The first-order valence-corrected chi connectivity index (χ1v) is 23.1. The molecule has 3 aromatic rings. The number of benzene rings is 3. The molecule has 9 rings (SSSR count). The van der Waals surface area contributed by atoms with Gasteiger partial charge < -0.3 is 55.0 Å². The molecular formula is C49H59N7O11. The number of hydrogen-bond acceptors (Lipinski definition) is 13. The maximum Gasteiger partial charge on any atom is 0.416 e. The van der Waals surface area contributed by atoms with E-state index in [4.69, 9.17) is 34.4 Å². The highest BCUT2D eigenvalue weighted by molar-refractivity contribution is 6.06. The first-order valence-electron chi connectivity index (χ1n) is 23.1. The van der Waals surface area contributed by atoms with E-state index in [1.165, 1.54) is 26.4 Å². The van der Waals surface area contributed by atoms with Gasteiger partial charge in [-0.2, -0.15) is 0 Å². The van der Waals surface area contributed by atoms with Gasteiger partial charge >= 0.3 is 6.09 Å². The summed E-state index contributed by atoms with van der Waals surface area (Å²) in [6.45, 7) is 6.59. The van der Waals surface area contributed by atoms with Crippen LogP contribution < -0.4 is 40.2 Å². The van der Waals surface area contributed by atoms with Gasteiger partial charge in [0, 0.05) is 43.5 Å². The normalized spacial score (nSPS) is 22.2. The fourth-order valence-electron chi connectivity index (χ4n) is 9.66. The van der Waals surface area contributed by atoms with Crippen molar-refractivity contribution in [1.29, 1.82) is 0 Å². The summed E-state index contributed by atoms with van der Waals surface area (Å²) in [5.41, 5.74) is 8.40. The third-order valence-electron chi connectivity index (χ3n) is 14.2. The Kier molecular flexibility index (Phi) is 12.3. The number of carbonyl (C=O) groups excluding carboxylic acids is 5. The second-order valence-corrected chi connectivity index (χ2v) is 19.3. The highest BCUT2D eigenvalue weighted by Crippen LogP contribution is 2.57. The van der Waals surface area contributed by atoms with Crippen LogP contribution >= 0.6 is 0 Å². The van der Waals surface area contributed by atoms with Crippen LogP contribution in [0.1, 0.15) is 92.0 Å². The number of hydrogen-bond donors (Lipinski definition) is 4. The minimum atomic E-state index is -1.43. The summed E-state index contributed by atoms with van der Waals surface area (Å²) >= 11 is 0. The number of aliphatic hydroxyl groups excluding tert-OH is 1. The van der Waals surface area contributed by atoms with Crippen LogP contribution in [0.3, 0.4) is 0 Å². The van der Waals surface area contributed by atoms with E-state index in [1.54, 1.807) is 48.2 Å². The van der Waals surface area contributed by atoms with Crippen LogP contribution in [0.15, 0.2) is 53.5 Å². The van der Waals surface area contributed by atoms with Crippen molar-refractivity contribution >= 4 is 53.0 Å². The van der Waals surface area contributed by atoms with Crippen molar-refractivity contribution in [2.45, 2.75) is 103 Å². The number of anilines is 2. The van der Waals surface area contributed by atoms with E-state index in [0.29, 0.717) is 53.4 Å². The van der Waals surface area contributed by atoms with Gasteiger partial charge in [-0.1, -0.05) is 26.0 Å². The van der Waals surface area contributed by atoms with E-state index in [1.807, 2.05) is 25.0 Å². The molecule has 2 aliphatic carbocycles. The van der Waals surface area contributed by atoms with Crippen LogP contribution in [0.5, 0.6) is 23.0 Å². The van der Waals surface area contributed by atoms with Gasteiger partial charge in [0.25, 0.3) is 11.8 Å². The van der Waals surface area contributed by atoms with Gasteiger partial charge in [0.05, 0.1) is 68.1 Å². The Labute approximate surface area is 389 Å². The predicted octanol–water partition coefficient (Wildman–Crippen LogP) is 5.16. The van der Waals surface area contributed by atoms with E-state index in [2.05, 4.69) is 10.6 Å². The highest BCUT2D eigenvalue weighted by atomic mass is 16.6. The second-order valence-electron chi connectivity index (χ2n) is 19.3. The molecule has 4 aliphatic heterocycles. The molecule has 0 radical (unpaired) electrons. The zero-order chi connectivity index (χ0) is 47.4. The molecule has 2 saturated carbocycles. The Hall–Kier alpha value is -6.40. The van der Waals surface area contributed by atoms with Gasteiger partial charge in [0.2, 0.25) is 11.8 Å². The average Bonchev–Trinajstić information content (AvgIpc) is 4.20. The number of rotatable bonds is 15. The van der Waals surface area contributed by atoms with E-state index in [9.17, 15) is 29.1 Å². The molecule has 3 aromatic carbocycles. The van der Waals surface area contributed by atoms with Crippen LogP contribution in [-0.4, -0.2) is 122 Å². The molecule has 0 aromatic heterocycles. The van der Waals surface area contributed by atoms with Crippen molar-refractivity contribution in [2.24, 2.45) is 27.5 Å². The van der Waals surface area contributed by atoms with Crippen molar-refractivity contribution < 1.29 is 52.8 Å². The largest absolute Gasteiger partial charge is 0.493 e. The van der Waals surface area contributed by atoms with Gasteiger partial charge in [-0.3, -0.25) is 24.2 Å². The fraction of sp³-hybridized carbons (Fsp3) is 0.510. The van der Waals surface area contributed by atoms with Gasteiger partial charge in [0.15, 0.2) is 29.2 Å². The molecule has 2 spiro atoms. The molecule has 18 nitrogen and oxygen atoms in total. The maximum atomic E-state index is 14.3. The molecule has 5 amide bonds. The summed E-state index contributed by atoms with van der Waals surface area (Å²) in [6.07, 6.45) is 5.60. The van der Waals surface area contributed by atoms with Crippen molar-refractivity contribution in [3.05, 3.63) is 65.2 Å². The Morgan fingerprint density at radius 1 is 0.821 bits per heavy atom. The second kappa shape index (κ2) is 18.0. The van der Waals surface area contributed by atoms with Gasteiger partial charge in [0.1, 0.15) is 12.6 Å². The van der Waals surface area contributed by atoms with Gasteiger partial charge in [-0.15, -0.1) is 0 Å². The van der Waals surface area contributed by atoms with Crippen LogP contribution in [-0.2, 0) is 20.9 Å². The molecular weight excluding hydrogens is 863 g/mol. The molecule has 356 valence electrons. The molecule has 4 fully saturated rings. The van der Waals surface area contributed by atoms with Crippen LogP contribution in [0.2, 0.25) is 0 Å². The molecule has 5 atom stereocenters. The minimum Gasteiger partial charge on any atom is -0.493 e. The van der Waals surface area contributed by atoms with E-state index >= 15 is 0 Å². The minimum absolute atomic E-state index is 0.0213. The Balaban J connectivity index is 0.866. The number of aliphatic imine (C=N–C) groups is 1. The summed E-state index contributed by atoms with van der Waals surface area (Å²) < 4.78 is 29.5. The predicted molar refractivity (Wildman–Crippen MR) is 246 cm³/mol. The summed E-state index contributed by atoms with van der Waals surface area (Å²) in [4.78, 5) is 76.6. The quantitative estimate of drug-likeness (QED) is 0.145. The lowest BCUT2D eigenvalue weighted by molar-refractivity contribution is -0.127. The molecule has 0 bridgehead atoms. The first kappa shape index (κ1) is 45.7. The SMILES string of the molecule is COc1cc2c(cc1OCCCOc1cc3c(cc1OC)C(=O)N1CC4(CC4)C[C@@H]1C(O)N3C(=O)OCc1ccc(NC(=O)[C@H](C)NC(=O)[C@@H](N)C(C)C)cc1)N=C[C@@H]1CC3(CC3)CN1C2=O. The highest BCUT2D eigenvalue weighted by Gasteiger charge is 2.58. The van der Waals surface area contributed by atoms with E-state index < -0.39 is 42.3 Å². The topological polar surface area (TPSA) is 224 Å². The zero-order valence-corrected chi connectivity index (χ0v) is 38.5. The third-order valence-corrected chi connectivity index (χ3v) is 14.2. The Bertz CT molecular complexity index is 2490. The first-order chi connectivity index (χ1) is 32.1. The fourth-order valence-corrected chi connectivity index (χ4v) is 9.66. The standard InChI is InChI=1S/C49H59N7O11/c1-27(2)41(50)43(58)52-28(3)42(57)53-30-9-7-29(8-10-30)24-67-47(62)56-35-20-40(38(64-5)18-33(35)45(60)55-26-49(13-14-49)22-36(55)46(56)61)66-16-6-15-65-39-19-34-32(17-37(39)63-4)44(59)54-25-48(11-12-48)21-31(54)23-51-34/h7-10,17-20,23,27-28,31,36,41,46,61H,6,11-16,21-22,24-26,50H2,1-5H3,(H,52,58)(H,53,57)/t28-,31-,36+,41-,46?/m0/s1. The summed E-state index contributed by atoms with van der Waals surface area (Å²) in [5, 5.41) is 17.4. The third kappa shape index (κ3) is 9.08. The van der Waals surface area contributed by atoms with Crippen LogP contribution in [0, 0.1) is 16.7 Å². The molecule has 6 aliphatic rings. The molecule has 4 heterocycles. The van der Waals surface area contributed by atoms with Crippen LogP contribution in [0.4, 0.5) is 21.9 Å². The van der Waals surface area contributed by atoms with Gasteiger partial charge in [-0.25, -0.2) is 9.69 Å². The lowest BCUT2D eigenvalue weighted by Crippen LogP contribution is -2.50.